The molecule has 130 valence electrons. The highest BCUT2D eigenvalue weighted by Gasteiger charge is 2.15. The molecule has 11 heteroatoms. The fraction of sp³-hybridized carbons (Fsp3) is 0.0667. The van der Waals surface area contributed by atoms with Gasteiger partial charge in [0, 0.05) is 24.5 Å². The maximum absolute atomic E-state index is 12.3. The van der Waals surface area contributed by atoms with Crippen LogP contribution in [0.4, 0.5) is 11.4 Å². The number of hydrogen-bond acceptors (Lipinski definition) is 6. The number of amides is 1. The summed E-state index contributed by atoms with van der Waals surface area (Å²) in [5, 5.41) is 30.7. The van der Waals surface area contributed by atoms with E-state index in [2.05, 4.69) is 31.4 Å². The van der Waals surface area contributed by atoms with Gasteiger partial charge in [-0.2, -0.15) is 15.5 Å². The minimum Gasteiger partial charge on any atom is -0.319 e. The molecule has 0 bridgehead atoms. The van der Waals surface area contributed by atoms with Gasteiger partial charge in [-0.15, -0.1) is 0 Å². The highest BCUT2D eigenvalue weighted by atomic mass is 79.9. The minimum absolute atomic E-state index is 0.00614. The number of halogens is 1. The highest BCUT2D eigenvalue weighted by Crippen LogP contribution is 2.21. The summed E-state index contributed by atoms with van der Waals surface area (Å²) in [5.74, 6) is -0.532. The van der Waals surface area contributed by atoms with E-state index in [1.54, 1.807) is 23.3 Å². The second kappa shape index (κ2) is 7.16. The van der Waals surface area contributed by atoms with E-state index in [1.165, 1.54) is 22.9 Å². The number of benzene rings is 1. The lowest BCUT2D eigenvalue weighted by Crippen LogP contribution is -2.15. The Hall–Kier alpha value is -3.52. The third-order valence-electron chi connectivity index (χ3n) is 3.35. The Kier molecular flexibility index (Phi) is 4.76. The Morgan fingerprint density at radius 1 is 1.38 bits per heavy atom. The van der Waals surface area contributed by atoms with E-state index in [0.29, 0.717) is 6.67 Å². The number of nitrogens with zero attached hydrogens (tertiary/aromatic N) is 6. The molecule has 1 N–H and O–H groups in total. The molecule has 0 spiro atoms. The molecular weight excluding hydrogens is 406 g/mol. The number of nitrogens with one attached hydrogen (secondary N) is 1. The maximum atomic E-state index is 12.3. The van der Waals surface area contributed by atoms with Crippen molar-refractivity contribution in [3.05, 3.63) is 68.7 Å². The Labute approximate surface area is 154 Å². The van der Waals surface area contributed by atoms with Crippen LogP contribution in [0.25, 0.3) is 0 Å². The number of non-ortho nitro benzene ring substituents is 1. The molecule has 3 aromatic rings. The summed E-state index contributed by atoms with van der Waals surface area (Å²) in [6.45, 7) is 0.319. The zero-order valence-corrected chi connectivity index (χ0v) is 14.6. The zero-order chi connectivity index (χ0) is 18.7. The molecule has 0 saturated heterocycles. The van der Waals surface area contributed by atoms with E-state index in [0.717, 1.165) is 10.5 Å². The molecule has 0 atom stereocenters. The molecule has 10 nitrogen and oxygen atoms in total. The molecule has 26 heavy (non-hydrogen) atoms. The van der Waals surface area contributed by atoms with Crippen LogP contribution in [0.3, 0.4) is 0 Å². The second-order valence-electron chi connectivity index (χ2n) is 5.13. The van der Waals surface area contributed by atoms with Gasteiger partial charge in [0.1, 0.15) is 12.7 Å². The van der Waals surface area contributed by atoms with Gasteiger partial charge in [-0.1, -0.05) is 0 Å². The normalized spacial score (nSPS) is 10.3. The molecule has 0 aliphatic rings. The number of rotatable bonds is 5. The van der Waals surface area contributed by atoms with Crippen LogP contribution in [-0.2, 0) is 6.67 Å². The summed E-state index contributed by atoms with van der Waals surface area (Å²) >= 11 is 3.29. The van der Waals surface area contributed by atoms with Crippen molar-refractivity contribution < 1.29 is 9.72 Å². The van der Waals surface area contributed by atoms with E-state index in [-0.39, 0.29) is 22.6 Å². The molecule has 1 aromatic carbocycles. The molecule has 2 heterocycles. The van der Waals surface area contributed by atoms with Gasteiger partial charge in [0.05, 0.1) is 26.8 Å². The molecular formula is C15H10BrN7O3. The van der Waals surface area contributed by atoms with Gasteiger partial charge in [-0.3, -0.25) is 19.6 Å². The third kappa shape index (κ3) is 3.76. The van der Waals surface area contributed by atoms with Crippen molar-refractivity contribution in [3.63, 3.8) is 0 Å². The van der Waals surface area contributed by atoms with Crippen molar-refractivity contribution in [1.29, 1.82) is 5.26 Å². The van der Waals surface area contributed by atoms with Gasteiger partial charge in [-0.25, -0.2) is 4.68 Å². The summed E-state index contributed by atoms with van der Waals surface area (Å²) in [6.07, 6.45) is 5.01. The Bertz CT molecular complexity index is 1030. The van der Waals surface area contributed by atoms with Crippen LogP contribution in [0.5, 0.6) is 0 Å². The predicted octanol–water partition coefficient (Wildman–Crippen LogP) is 2.38. The number of nitro benzene ring substituents is 1. The van der Waals surface area contributed by atoms with Crippen LogP contribution in [0.1, 0.15) is 16.1 Å². The van der Waals surface area contributed by atoms with Crippen LogP contribution in [-0.4, -0.2) is 30.4 Å². The van der Waals surface area contributed by atoms with Gasteiger partial charge in [0.15, 0.2) is 5.69 Å². The number of nitriles is 1. The van der Waals surface area contributed by atoms with Crippen molar-refractivity contribution in [2.75, 3.05) is 5.32 Å². The standard InChI is InChI=1S/C15H10BrN7O3/c16-11-7-18-22(8-11)9-21-4-3-14(20-21)15(24)19-13-2-1-12(23(25)26)5-10(13)6-17/h1-5,7-8H,9H2,(H,19,24). The minimum atomic E-state index is -0.609. The fourth-order valence-corrected chi connectivity index (χ4v) is 2.49. The SMILES string of the molecule is N#Cc1cc([N+](=O)[O-])ccc1NC(=O)c1ccn(Cn2cc(Br)cn2)n1. The van der Waals surface area contributed by atoms with Crippen molar-refractivity contribution in [1.82, 2.24) is 19.6 Å². The number of aromatic nitrogens is 4. The number of nitro groups is 1. The lowest BCUT2D eigenvalue weighted by molar-refractivity contribution is -0.384. The van der Waals surface area contributed by atoms with Crippen molar-refractivity contribution >= 4 is 33.2 Å². The summed E-state index contributed by atoms with van der Waals surface area (Å²) < 4.78 is 3.97. The number of carbonyl (C=O) groups is 1. The van der Waals surface area contributed by atoms with Crippen LogP contribution in [0, 0.1) is 21.4 Å². The molecule has 3 rings (SSSR count). The average Bonchev–Trinajstić information content (AvgIpc) is 3.24. The van der Waals surface area contributed by atoms with E-state index < -0.39 is 10.8 Å². The number of hydrogen-bond donors (Lipinski definition) is 1. The summed E-state index contributed by atoms with van der Waals surface area (Å²) in [6, 6.07) is 6.97. The molecule has 0 saturated carbocycles. The van der Waals surface area contributed by atoms with Gasteiger partial charge >= 0.3 is 0 Å². The summed E-state index contributed by atoms with van der Waals surface area (Å²) in [7, 11) is 0. The third-order valence-corrected chi connectivity index (χ3v) is 3.76. The van der Waals surface area contributed by atoms with E-state index in [4.69, 9.17) is 5.26 Å². The van der Waals surface area contributed by atoms with Gasteiger partial charge in [-0.05, 0) is 28.1 Å². The fourth-order valence-electron chi connectivity index (χ4n) is 2.16. The Balaban J connectivity index is 1.74. The average molecular weight is 416 g/mol. The van der Waals surface area contributed by atoms with Crippen LogP contribution in [0.15, 0.2) is 47.3 Å². The molecule has 0 radical (unpaired) electrons. The Morgan fingerprint density at radius 3 is 2.85 bits per heavy atom. The molecule has 1 amide bonds. The van der Waals surface area contributed by atoms with Crippen molar-refractivity contribution in [3.8, 4) is 6.07 Å². The largest absolute Gasteiger partial charge is 0.319 e. The molecule has 0 aliphatic carbocycles. The first-order chi connectivity index (χ1) is 12.5. The molecule has 0 fully saturated rings. The molecule has 2 aromatic heterocycles. The summed E-state index contributed by atoms with van der Waals surface area (Å²) in [4.78, 5) is 22.5. The topological polar surface area (TPSA) is 132 Å². The Morgan fingerprint density at radius 2 is 2.19 bits per heavy atom. The molecule has 0 aliphatic heterocycles. The first-order valence-electron chi connectivity index (χ1n) is 7.17. The van der Waals surface area contributed by atoms with E-state index in [9.17, 15) is 14.9 Å². The lowest BCUT2D eigenvalue weighted by atomic mass is 10.1. The number of carbonyl (C=O) groups excluding carboxylic acids is 1. The van der Waals surface area contributed by atoms with Gasteiger partial charge in [0.2, 0.25) is 0 Å². The second-order valence-corrected chi connectivity index (χ2v) is 6.05. The van der Waals surface area contributed by atoms with Crippen LogP contribution >= 0.6 is 15.9 Å². The molecule has 0 unspecified atom stereocenters. The predicted molar refractivity (Wildman–Crippen MR) is 93.3 cm³/mol. The zero-order valence-electron chi connectivity index (χ0n) is 13.0. The van der Waals surface area contributed by atoms with E-state index in [1.807, 2.05) is 6.07 Å². The van der Waals surface area contributed by atoms with Crippen molar-refractivity contribution in [2.45, 2.75) is 6.67 Å². The van der Waals surface area contributed by atoms with Crippen LogP contribution in [0.2, 0.25) is 0 Å². The smallest absolute Gasteiger partial charge is 0.276 e. The first-order valence-corrected chi connectivity index (χ1v) is 7.97. The quantitative estimate of drug-likeness (QED) is 0.502. The van der Waals surface area contributed by atoms with Gasteiger partial charge in [0.25, 0.3) is 11.6 Å². The number of anilines is 1. The summed E-state index contributed by atoms with van der Waals surface area (Å²) in [5.41, 5.74) is 0.0784. The van der Waals surface area contributed by atoms with Crippen molar-refractivity contribution in [2.24, 2.45) is 0 Å². The van der Waals surface area contributed by atoms with E-state index >= 15 is 0 Å². The maximum Gasteiger partial charge on any atom is 0.276 e. The lowest BCUT2D eigenvalue weighted by Gasteiger charge is -2.05. The monoisotopic (exact) mass is 415 g/mol. The van der Waals surface area contributed by atoms with Crippen LogP contribution < -0.4 is 5.32 Å². The van der Waals surface area contributed by atoms with Gasteiger partial charge < -0.3 is 5.32 Å². The highest BCUT2D eigenvalue weighted by molar-refractivity contribution is 9.10. The first kappa shape index (κ1) is 17.3.